The Labute approximate surface area is 217 Å². The van der Waals surface area contributed by atoms with E-state index in [1.807, 2.05) is 6.07 Å². The second-order valence-corrected chi connectivity index (χ2v) is 8.45. The number of carbonyl (C=O) groups is 3. The van der Waals surface area contributed by atoms with Crippen LogP contribution in [0.1, 0.15) is 11.1 Å². The molecule has 0 saturated carbocycles. The number of anilines is 1. The van der Waals surface area contributed by atoms with Crippen LogP contribution in [0, 0.1) is 0 Å². The van der Waals surface area contributed by atoms with Gasteiger partial charge in [-0.3, -0.25) is 14.9 Å². The summed E-state index contributed by atoms with van der Waals surface area (Å²) in [4.78, 5) is 39.0. The fourth-order valence-electron chi connectivity index (χ4n) is 3.54. The lowest BCUT2D eigenvalue weighted by Gasteiger charge is -2.26. The molecule has 1 aliphatic rings. The molecule has 8 nitrogen and oxygen atoms in total. The standard InChI is InChI=1S/C26H20Cl2N2O6/c1-34-19-8-6-18(7-9-19)30-25(32)20(24(31)29-26(30)33)11-16-12-21(28)23(22(13-16)35-2)36-14-15-4-3-5-17(27)10-15/h3-13H,14H2,1-2H3,(H,29,31,33)/b20-11+. The maximum absolute atomic E-state index is 13.1. The molecular formula is C26H20Cl2N2O6. The van der Waals surface area contributed by atoms with Crippen LogP contribution >= 0.6 is 23.2 Å². The molecule has 0 aromatic heterocycles. The topological polar surface area (TPSA) is 94.2 Å². The number of carbonyl (C=O) groups excluding carboxylic acids is 3. The van der Waals surface area contributed by atoms with Crippen molar-refractivity contribution in [2.45, 2.75) is 6.61 Å². The van der Waals surface area contributed by atoms with Gasteiger partial charge in [-0.2, -0.15) is 0 Å². The van der Waals surface area contributed by atoms with Crippen LogP contribution in [0.25, 0.3) is 6.08 Å². The molecule has 4 rings (SSSR count). The second-order valence-electron chi connectivity index (χ2n) is 7.61. The van der Waals surface area contributed by atoms with E-state index in [2.05, 4.69) is 5.32 Å². The van der Waals surface area contributed by atoms with Gasteiger partial charge in [-0.1, -0.05) is 35.3 Å². The molecule has 1 heterocycles. The Hall–Kier alpha value is -4.01. The summed E-state index contributed by atoms with van der Waals surface area (Å²) in [5.41, 5.74) is 1.25. The van der Waals surface area contributed by atoms with Crippen LogP contribution in [0.3, 0.4) is 0 Å². The summed E-state index contributed by atoms with van der Waals surface area (Å²) in [7, 11) is 2.94. The normalized spacial score (nSPS) is 14.6. The lowest BCUT2D eigenvalue weighted by Crippen LogP contribution is -2.54. The molecule has 4 amide bonds. The van der Waals surface area contributed by atoms with Gasteiger partial charge in [0, 0.05) is 5.02 Å². The van der Waals surface area contributed by atoms with Crippen LogP contribution in [0.15, 0.2) is 66.2 Å². The minimum absolute atomic E-state index is 0.191. The van der Waals surface area contributed by atoms with Gasteiger partial charge in [0.05, 0.1) is 24.9 Å². The fraction of sp³-hybridized carbons (Fsp3) is 0.115. The zero-order chi connectivity index (χ0) is 25.8. The van der Waals surface area contributed by atoms with E-state index < -0.39 is 17.8 Å². The van der Waals surface area contributed by atoms with Crippen molar-refractivity contribution in [1.82, 2.24) is 5.32 Å². The lowest BCUT2D eigenvalue weighted by molar-refractivity contribution is -0.122. The zero-order valence-corrected chi connectivity index (χ0v) is 20.7. The van der Waals surface area contributed by atoms with Crippen molar-refractivity contribution in [2.24, 2.45) is 0 Å². The van der Waals surface area contributed by atoms with Gasteiger partial charge in [-0.15, -0.1) is 0 Å². The number of imide groups is 2. The minimum Gasteiger partial charge on any atom is -0.497 e. The molecule has 1 aliphatic heterocycles. The van der Waals surface area contributed by atoms with E-state index in [0.717, 1.165) is 10.5 Å². The molecule has 0 aliphatic carbocycles. The Kier molecular flexibility index (Phi) is 7.47. The van der Waals surface area contributed by atoms with Crippen molar-refractivity contribution in [3.63, 3.8) is 0 Å². The fourth-order valence-corrected chi connectivity index (χ4v) is 4.02. The number of halogens is 2. The first-order valence-electron chi connectivity index (χ1n) is 10.6. The van der Waals surface area contributed by atoms with Crippen LogP contribution in [0.4, 0.5) is 10.5 Å². The highest BCUT2D eigenvalue weighted by Gasteiger charge is 2.37. The summed E-state index contributed by atoms with van der Waals surface area (Å²) < 4.78 is 16.4. The summed E-state index contributed by atoms with van der Waals surface area (Å²) >= 11 is 12.5. The average molecular weight is 527 g/mol. The number of rotatable bonds is 7. The van der Waals surface area contributed by atoms with E-state index in [1.54, 1.807) is 36.4 Å². The van der Waals surface area contributed by atoms with Crippen molar-refractivity contribution < 1.29 is 28.6 Å². The van der Waals surface area contributed by atoms with Crippen molar-refractivity contribution >= 4 is 52.8 Å². The highest BCUT2D eigenvalue weighted by atomic mass is 35.5. The minimum atomic E-state index is -0.854. The first kappa shape index (κ1) is 25.1. The van der Waals surface area contributed by atoms with Gasteiger partial charge in [0.25, 0.3) is 11.8 Å². The largest absolute Gasteiger partial charge is 0.497 e. The van der Waals surface area contributed by atoms with Gasteiger partial charge in [0.1, 0.15) is 17.9 Å². The van der Waals surface area contributed by atoms with E-state index in [-0.39, 0.29) is 28.6 Å². The first-order valence-corrected chi connectivity index (χ1v) is 11.4. The summed E-state index contributed by atoms with van der Waals surface area (Å²) in [5, 5.41) is 2.96. The van der Waals surface area contributed by atoms with Gasteiger partial charge in [0.2, 0.25) is 0 Å². The molecule has 0 atom stereocenters. The van der Waals surface area contributed by atoms with Crippen molar-refractivity contribution in [1.29, 1.82) is 0 Å². The number of amides is 4. The van der Waals surface area contributed by atoms with Gasteiger partial charge >= 0.3 is 6.03 Å². The average Bonchev–Trinajstić information content (AvgIpc) is 2.86. The number of barbiturate groups is 1. The Morgan fingerprint density at radius 3 is 2.36 bits per heavy atom. The van der Waals surface area contributed by atoms with Crippen LogP contribution < -0.4 is 24.4 Å². The van der Waals surface area contributed by atoms with Crippen molar-refractivity contribution in [3.05, 3.63) is 87.4 Å². The van der Waals surface area contributed by atoms with Gasteiger partial charge in [0.15, 0.2) is 11.5 Å². The SMILES string of the molecule is COc1ccc(N2C(=O)NC(=O)/C(=C\c3cc(Cl)c(OCc4cccc(Cl)c4)c(OC)c3)C2=O)cc1. The Morgan fingerprint density at radius 2 is 1.69 bits per heavy atom. The quantitative estimate of drug-likeness (QED) is 0.333. The number of urea groups is 1. The third kappa shape index (κ3) is 5.30. The molecule has 0 unspecified atom stereocenters. The van der Waals surface area contributed by atoms with Crippen LogP contribution in [-0.4, -0.2) is 32.1 Å². The maximum atomic E-state index is 13.1. The molecule has 0 bridgehead atoms. The summed E-state index contributed by atoms with van der Waals surface area (Å²) in [6, 6.07) is 15.7. The Bertz CT molecular complexity index is 1370. The number of benzene rings is 3. The van der Waals surface area contributed by atoms with E-state index in [4.69, 9.17) is 37.4 Å². The van der Waals surface area contributed by atoms with Crippen LogP contribution in [-0.2, 0) is 16.2 Å². The van der Waals surface area contributed by atoms with E-state index in [0.29, 0.717) is 22.1 Å². The summed E-state index contributed by atoms with van der Waals surface area (Å²) in [6.07, 6.45) is 1.33. The molecular weight excluding hydrogens is 507 g/mol. The molecule has 0 radical (unpaired) electrons. The molecule has 1 saturated heterocycles. The number of ether oxygens (including phenoxy) is 3. The smallest absolute Gasteiger partial charge is 0.335 e. The van der Waals surface area contributed by atoms with Crippen LogP contribution in [0.2, 0.25) is 10.0 Å². The number of nitrogens with one attached hydrogen (secondary N) is 1. The van der Waals surface area contributed by atoms with E-state index in [1.165, 1.54) is 38.5 Å². The lowest BCUT2D eigenvalue weighted by atomic mass is 10.1. The van der Waals surface area contributed by atoms with Gasteiger partial charge in [-0.05, 0) is 65.7 Å². The third-order valence-electron chi connectivity index (χ3n) is 5.27. The molecule has 184 valence electrons. The Balaban J connectivity index is 1.63. The first-order chi connectivity index (χ1) is 17.3. The summed E-state index contributed by atoms with van der Waals surface area (Å²) in [6.45, 7) is 0.191. The number of nitrogens with zero attached hydrogens (tertiary/aromatic N) is 1. The van der Waals surface area contributed by atoms with E-state index >= 15 is 0 Å². The van der Waals surface area contributed by atoms with E-state index in [9.17, 15) is 14.4 Å². The molecule has 10 heteroatoms. The molecule has 3 aromatic rings. The zero-order valence-electron chi connectivity index (χ0n) is 19.2. The molecule has 3 aromatic carbocycles. The van der Waals surface area contributed by atoms with Crippen LogP contribution in [0.5, 0.6) is 17.2 Å². The maximum Gasteiger partial charge on any atom is 0.335 e. The van der Waals surface area contributed by atoms with Gasteiger partial charge in [-0.25, -0.2) is 9.69 Å². The third-order valence-corrected chi connectivity index (χ3v) is 5.78. The predicted molar refractivity (Wildman–Crippen MR) is 136 cm³/mol. The number of methoxy groups -OCH3 is 2. The van der Waals surface area contributed by atoms with Crippen molar-refractivity contribution in [3.8, 4) is 17.2 Å². The summed E-state index contributed by atoms with van der Waals surface area (Å²) in [5.74, 6) is -0.481. The van der Waals surface area contributed by atoms with Gasteiger partial charge < -0.3 is 14.2 Å². The highest BCUT2D eigenvalue weighted by Crippen LogP contribution is 2.38. The predicted octanol–water partition coefficient (Wildman–Crippen LogP) is 5.26. The Morgan fingerprint density at radius 1 is 0.944 bits per heavy atom. The molecule has 36 heavy (non-hydrogen) atoms. The number of hydrogen-bond donors (Lipinski definition) is 1. The molecule has 1 fully saturated rings. The monoisotopic (exact) mass is 526 g/mol. The second kappa shape index (κ2) is 10.7. The molecule has 0 spiro atoms. The molecule has 1 N–H and O–H groups in total. The number of hydrogen-bond acceptors (Lipinski definition) is 6. The van der Waals surface area contributed by atoms with Crippen molar-refractivity contribution in [2.75, 3.05) is 19.1 Å². The highest BCUT2D eigenvalue weighted by molar-refractivity contribution is 6.39.